The molecule has 3 atom stereocenters. The highest BCUT2D eigenvalue weighted by Gasteiger charge is 2.71. The summed E-state index contributed by atoms with van der Waals surface area (Å²) < 4.78 is 5.55. The number of carbonyl (C=O) groups excluding carboxylic acids is 3. The molecule has 40 heavy (non-hydrogen) atoms. The van der Waals surface area contributed by atoms with E-state index in [9.17, 15) is 14.4 Å². The maximum absolute atomic E-state index is 14.7. The lowest BCUT2D eigenvalue weighted by atomic mass is 9.64. The normalized spacial score (nSPS) is 21.8. The predicted molar refractivity (Wildman–Crippen MR) is 155 cm³/mol. The molecule has 3 aliphatic rings. The lowest BCUT2D eigenvalue weighted by Gasteiger charge is -2.37. The Bertz CT molecular complexity index is 1710. The Balaban J connectivity index is 1.56. The Kier molecular flexibility index (Phi) is 5.55. The lowest BCUT2D eigenvalue weighted by Crippen LogP contribution is -2.48. The molecule has 6 heteroatoms. The van der Waals surface area contributed by atoms with Crippen LogP contribution in [0.25, 0.3) is 6.08 Å². The molecule has 4 aromatic carbocycles. The van der Waals surface area contributed by atoms with Crippen LogP contribution in [-0.2, 0) is 0 Å². The van der Waals surface area contributed by atoms with Crippen molar-refractivity contribution in [2.45, 2.75) is 18.0 Å². The summed E-state index contributed by atoms with van der Waals surface area (Å²) in [5.41, 5.74) is 2.02. The standard InChI is InChI=1S/C34H24ClNO4/c1-40-24-11-7-10-22(19-24)29-30(31(37)20-8-3-2-4-9-20)36-27-16-15-23(35)18-21(27)14-17-28(36)34(29)32(38)25-12-5-6-13-26(25)33(34)39/h2-19,28-30H,1H3/t28-,29-,30+/m0/s1. The monoisotopic (exact) mass is 545 g/mol. The van der Waals surface area contributed by atoms with E-state index in [0.717, 1.165) is 11.3 Å². The van der Waals surface area contributed by atoms with Crippen molar-refractivity contribution in [2.24, 2.45) is 5.41 Å². The molecule has 2 aliphatic heterocycles. The molecular weight excluding hydrogens is 522 g/mol. The molecule has 196 valence electrons. The highest BCUT2D eigenvalue weighted by atomic mass is 35.5. The summed E-state index contributed by atoms with van der Waals surface area (Å²) in [6.07, 6.45) is 3.80. The maximum Gasteiger partial charge on any atom is 0.185 e. The van der Waals surface area contributed by atoms with Crippen LogP contribution in [0.1, 0.15) is 48.1 Å². The summed E-state index contributed by atoms with van der Waals surface area (Å²) in [6, 6.07) is 27.3. The van der Waals surface area contributed by atoms with E-state index in [2.05, 4.69) is 0 Å². The fourth-order valence-corrected chi connectivity index (χ4v) is 7.11. The van der Waals surface area contributed by atoms with Crippen LogP contribution in [-0.4, -0.2) is 36.5 Å². The number of ketones is 3. The zero-order valence-electron chi connectivity index (χ0n) is 21.6. The highest BCUT2D eigenvalue weighted by molar-refractivity contribution is 6.32. The summed E-state index contributed by atoms with van der Waals surface area (Å²) in [5, 5.41) is 0.562. The van der Waals surface area contributed by atoms with Gasteiger partial charge in [-0.05, 0) is 41.5 Å². The van der Waals surface area contributed by atoms with Gasteiger partial charge < -0.3 is 9.64 Å². The number of fused-ring (bicyclic) bond motifs is 5. The van der Waals surface area contributed by atoms with E-state index in [1.807, 2.05) is 71.6 Å². The second-order valence-electron chi connectivity index (χ2n) is 10.4. The van der Waals surface area contributed by atoms with Crippen LogP contribution in [0.15, 0.2) is 103 Å². The van der Waals surface area contributed by atoms with E-state index >= 15 is 0 Å². The van der Waals surface area contributed by atoms with Crippen molar-refractivity contribution in [3.8, 4) is 5.75 Å². The molecule has 1 aliphatic carbocycles. The van der Waals surface area contributed by atoms with Gasteiger partial charge in [0.1, 0.15) is 17.2 Å². The van der Waals surface area contributed by atoms with Gasteiger partial charge in [0.2, 0.25) is 0 Å². The Labute approximate surface area is 236 Å². The number of methoxy groups -OCH3 is 1. The van der Waals surface area contributed by atoms with Gasteiger partial charge in [-0.15, -0.1) is 0 Å². The SMILES string of the molecule is COc1cccc([C@H]2[C@H](C(=O)c3ccccc3)N3c4ccc(Cl)cc4C=C[C@H]3C23C(=O)c2ccccc2C3=O)c1. The number of nitrogens with zero attached hydrogens (tertiary/aromatic N) is 1. The van der Waals surface area contributed by atoms with Crippen molar-refractivity contribution in [1.82, 2.24) is 0 Å². The van der Waals surface area contributed by atoms with E-state index in [1.165, 1.54) is 0 Å². The van der Waals surface area contributed by atoms with Gasteiger partial charge in [-0.25, -0.2) is 0 Å². The topological polar surface area (TPSA) is 63.7 Å². The van der Waals surface area contributed by atoms with E-state index in [1.54, 1.807) is 49.6 Å². The molecule has 1 fully saturated rings. The number of halogens is 1. The van der Waals surface area contributed by atoms with Crippen LogP contribution in [0.3, 0.4) is 0 Å². The Morgan fingerprint density at radius 2 is 1.55 bits per heavy atom. The quantitative estimate of drug-likeness (QED) is 0.212. The van der Waals surface area contributed by atoms with Crippen molar-refractivity contribution in [3.05, 3.63) is 136 Å². The van der Waals surface area contributed by atoms with Crippen LogP contribution < -0.4 is 9.64 Å². The van der Waals surface area contributed by atoms with Gasteiger partial charge in [0.15, 0.2) is 17.3 Å². The van der Waals surface area contributed by atoms with E-state index < -0.39 is 23.4 Å². The van der Waals surface area contributed by atoms with Gasteiger partial charge in [-0.1, -0.05) is 90.5 Å². The number of carbonyl (C=O) groups is 3. The number of ether oxygens (including phenoxy) is 1. The third-order valence-electron chi connectivity index (χ3n) is 8.55. The minimum atomic E-state index is -1.56. The lowest BCUT2D eigenvalue weighted by molar-refractivity contribution is 0.0665. The molecular formula is C34H24ClNO4. The van der Waals surface area contributed by atoms with Crippen LogP contribution >= 0.6 is 11.6 Å². The van der Waals surface area contributed by atoms with Crippen LogP contribution in [0, 0.1) is 5.41 Å². The number of benzene rings is 4. The Morgan fingerprint density at radius 3 is 2.25 bits per heavy atom. The van der Waals surface area contributed by atoms with E-state index in [-0.39, 0.29) is 17.3 Å². The number of Topliss-reactive ketones (excluding diaryl/α,β-unsaturated/α-hetero) is 3. The van der Waals surface area contributed by atoms with Gasteiger partial charge in [-0.2, -0.15) is 0 Å². The van der Waals surface area contributed by atoms with Gasteiger partial charge in [0.05, 0.1) is 13.2 Å². The first-order valence-electron chi connectivity index (χ1n) is 13.1. The molecule has 2 heterocycles. The van der Waals surface area contributed by atoms with Gasteiger partial charge in [0.25, 0.3) is 0 Å². The molecule has 0 unspecified atom stereocenters. The molecule has 0 N–H and O–H groups in total. The van der Waals surface area contributed by atoms with Crippen molar-refractivity contribution in [1.29, 1.82) is 0 Å². The van der Waals surface area contributed by atoms with E-state index in [4.69, 9.17) is 16.3 Å². The summed E-state index contributed by atoms with van der Waals surface area (Å²) in [6.45, 7) is 0. The average Bonchev–Trinajstić information content (AvgIpc) is 3.43. The minimum Gasteiger partial charge on any atom is -0.497 e. The van der Waals surface area contributed by atoms with E-state index in [0.29, 0.717) is 33.0 Å². The summed E-state index contributed by atoms with van der Waals surface area (Å²) in [4.78, 5) is 45.9. The number of hydrogen-bond acceptors (Lipinski definition) is 5. The molecule has 1 saturated heterocycles. The molecule has 0 amide bonds. The smallest absolute Gasteiger partial charge is 0.185 e. The second-order valence-corrected chi connectivity index (χ2v) is 10.9. The number of hydrogen-bond donors (Lipinski definition) is 0. The van der Waals surface area contributed by atoms with Crippen molar-refractivity contribution in [3.63, 3.8) is 0 Å². The molecule has 0 saturated carbocycles. The molecule has 4 aromatic rings. The largest absolute Gasteiger partial charge is 0.497 e. The van der Waals surface area contributed by atoms with Crippen LogP contribution in [0.5, 0.6) is 5.75 Å². The summed E-state index contributed by atoms with van der Waals surface area (Å²) in [5.74, 6) is -0.897. The molecule has 7 rings (SSSR count). The summed E-state index contributed by atoms with van der Waals surface area (Å²) in [7, 11) is 1.57. The van der Waals surface area contributed by atoms with Crippen molar-refractivity contribution in [2.75, 3.05) is 12.0 Å². The third kappa shape index (κ3) is 3.24. The molecule has 5 nitrogen and oxygen atoms in total. The number of rotatable bonds is 4. The first-order valence-corrected chi connectivity index (χ1v) is 13.5. The van der Waals surface area contributed by atoms with Crippen LogP contribution in [0.2, 0.25) is 5.02 Å². The predicted octanol–water partition coefficient (Wildman–Crippen LogP) is 6.66. The fourth-order valence-electron chi connectivity index (χ4n) is 6.93. The summed E-state index contributed by atoms with van der Waals surface area (Å²) >= 11 is 6.36. The fraction of sp³-hybridized carbons (Fsp3) is 0.147. The van der Waals surface area contributed by atoms with Gasteiger partial charge in [0, 0.05) is 33.3 Å². The van der Waals surface area contributed by atoms with Crippen molar-refractivity contribution >= 4 is 40.7 Å². The minimum absolute atomic E-state index is 0.164. The highest BCUT2D eigenvalue weighted by Crippen LogP contribution is 2.61. The van der Waals surface area contributed by atoms with Gasteiger partial charge in [-0.3, -0.25) is 14.4 Å². The van der Waals surface area contributed by atoms with Crippen molar-refractivity contribution < 1.29 is 19.1 Å². The Hall–Kier alpha value is -4.48. The molecule has 0 radical (unpaired) electrons. The van der Waals surface area contributed by atoms with Crippen LogP contribution in [0.4, 0.5) is 5.69 Å². The second kappa shape index (κ2) is 9.04. The molecule has 0 aromatic heterocycles. The molecule has 1 spiro atoms. The first-order chi connectivity index (χ1) is 19.5. The number of anilines is 1. The zero-order chi connectivity index (χ0) is 27.6. The first kappa shape index (κ1) is 24.6. The van der Waals surface area contributed by atoms with Gasteiger partial charge >= 0.3 is 0 Å². The Morgan fingerprint density at radius 1 is 0.850 bits per heavy atom. The molecule has 0 bridgehead atoms. The average molecular weight is 546 g/mol. The third-order valence-corrected chi connectivity index (χ3v) is 8.78. The zero-order valence-corrected chi connectivity index (χ0v) is 22.3. The maximum atomic E-state index is 14.7.